The van der Waals surface area contributed by atoms with E-state index in [4.69, 9.17) is 4.74 Å². The summed E-state index contributed by atoms with van der Waals surface area (Å²) in [6.45, 7) is 6.48. The first-order valence-corrected chi connectivity index (χ1v) is 9.29. The van der Waals surface area contributed by atoms with E-state index in [-0.39, 0.29) is 27.6 Å². The molecule has 0 N–H and O–H groups in total. The molecule has 6 nitrogen and oxygen atoms in total. The minimum Gasteiger partial charge on any atom is -0.444 e. The number of fused-ring (bicyclic) bond motifs is 1. The number of hydrogen-bond donors (Lipinski definition) is 0. The number of carbonyl (C=O) groups excluding carboxylic acids is 1. The lowest BCUT2D eigenvalue weighted by Crippen LogP contribution is -2.43. The van der Waals surface area contributed by atoms with E-state index in [0.29, 0.717) is 31.4 Å². The van der Waals surface area contributed by atoms with Gasteiger partial charge in [0.15, 0.2) is 0 Å². The highest BCUT2D eigenvalue weighted by Gasteiger charge is 2.28. The van der Waals surface area contributed by atoms with Crippen LogP contribution in [0.15, 0.2) is 27.7 Å². The van der Waals surface area contributed by atoms with Crippen LogP contribution in [-0.2, 0) is 4.74 Å². The van der Waals surface area contributed by atoms with Gasteiger partial charge in [0.1, 0.15) is 11.4 Å². The Morgan fingerprint density at radius 1 is 1.31 bits per heavy atom. The molecule has 2 aromatic rings. The predicted molar refractivity (Wildman–Crippen MR) is 99.7 cm³/mol. The van der Waals surface area contributed by atoms with Gasteiger partial charge in [-0.25, -0.2) is 14.2 Å². The van der Waals surface area contributed by atoms with Crippen molar-refractivity contribution in [3.63, 3.8) is 0 Å². The fourth-order valence-electron chi connectivity index (χ4n) is 3.04. The van der Waals surface area contributed by atoms with E-state index in [2.05, 4.69) is 20.9 Å². The molecule has 8 heteroatoms. The molecule has 1 aromatic heterocycles. The molecule has 0 aliphatic carbocycles. The lowest BCUT2D eigenvalue weighted by molar-refractivity contribution is 0.0187. The Morgan fingerprint density at radius 3 is 2.58 bits per heavy atom. The van der Waals surface area contributed by atoms with Crippen LogP contribution < -0.4 is 5.56 Å². The fourth-order valence-corrected chi connectivity index (χ4v) is 3.37. The number of piperidine rings is 1. The van der Waals surface area contributed by atoms with Gasteiger partial charge in [0, 0.05) is 19.1 Å². The first-order valence-electron chi connectivity index (χ1n) is 8.49. The van der Waals surface area contributed by atoms with E-state index < -0.39 is 11.4 Å². The first kappa shape index (κ1) is 18.8. The van der Waals surface area contributed by atoms with Gasteiger partial charge in [0.05, 0.1) is 21.7 Å². The Hall–Kier alpha value is -1.96. The normalized spacial score (nSPS) is 16.1. The molecule has 1 fully saturated rings. The SMILES string of the molecule is CC(C)(C)OC(=O)N1CCC(n2cnc3cc(Br)c(F)cc3c2=O)CC1. The van der Waals surface area contributed by atoms with Gasteiger partial charge in [-0.3, -0.25) is 9.36 Å². The fraction of sp³-hybridized carbons (Fsp3) is 0.500. The van der Waals surface area contributed by atoms with Crippen molar-refractivity contribution in [3.8, 4) is 0 Å². The molecule has 0 radical (unpaired) electrons. The lowest BCUT2D eigenvalue weighted by atomic mass is 10.0. The standard InChI is InChI=1S/C18H21BrFN3O3/c1-18(2,3)26-17(25)22-6-4-11(5-7-22)23-10-21-15-9-13(19)14(20)8-12(15)16(23)24/h8-11H,4-7H2,1-3H3. The molecular weight excluding hydrogens is 405 g/mol. The summed E-state index contributed by atoms with van der Waals surface area (Å²) in [5, 5.41) is 0.253. The van der Waals surface area contributed by atoms with Crippen LogP contribution in [0, 0.1) is 5.82 Å². The summed E-state index contributed by atoms with van der Waals surface area (Å²) in [5.41, 5.74) is -0.353. The summed E-state index contributed by atoms with van der Waals surface area (Å²) < 4.78 is 21.0. The topological polar surface area (TPSA) is 64.4 Å². The number of likely N-dealkylation sites (tertiary alicyclic amines) is 1. The van der Waals surface area contributed by atoms with Crippen molar-refractivity contribution < 1.29 is 13.9 Å². The maximum Gasteiger partial charge on any atom is 0.410 e. The minimum atomic E-state index is -0.536. The van der Waals surface area contributed by atoms with Crippen molar-refractivity contribution in [2.75, 3.05) is 13.1 Å². The van der Waals surface area contributed by atoms with Gasteiger partial charge < -0.3 is 9.64 Å². The summed E-state index contributed by atoms with van der Waals surface area (Å²) in [5.74, 6) is -0.492. The predicted octanol–water partition coefficient (Wildman–Crippen LogP) is 3.87. The third-order valence-corrected chi connectivity index (χ3v) is 4.94. The van der Waals surface area contributed by atoms with Crippen molar-refractivity contribution in [1.82, 2.24) is 14.5 Å². The Kier molecular flexibility index (Phi) is 5.05. The summed E-state index contributed by atoms with van der Waals surface area (Å²) in [6.07, 6.45) is 2.39. The molecule has 1 aromatic carbocycles. The highest BCUT2D eigenvalue weighted by atomic mass is 79.9. The average molecular weight is 426 g/mol. The maximum absolute atomic E-state index is 13.8. The summed E-state index contributed by atoms with van der Waals surface area (Å²) >= 11 is 3.10. The van der Waals surface area contributed by atoms with Crippen molar-refractivity contribution in [2.45, 2.75) is 45.3 Å². The van der Waals surface area contributed by atoms with Crippen LogP contribution >= 0.6 is 15.9 Å². The average Bonchev–Trinajstić information content (AvgIpc) is 2.56. The summed E-state index contributed by atoms with van der Waals surface area (Å²) in [4.78, 5) is 30.8. The number of hydrogen-bond acceptors (Lipinski definition) is 4. The summed E-state index contributed by atoms with van der Waals surface area (Å²) in [6, 6.07) is 2.63. The molecular formula is C18H21BrFN3O3. The number of aromatic nitrogens is 2. The van der Waals surface area contributed by atoms with Gasteiger partial charge in [-0.2, -0.15) is 0 Å². The first-order chi connectivity index (χ1) is 12.2. The molecule has 1 aliphatic rings. The van der Waals surface area contributed by atoms with E-state index in [9.17, 15) is 14.0 Å². The van der Waals surface area contributed by atoms with Gasteiger partial charge in [-0.15, -0.1) is 0 Å². The van der Waals surface area contributed by atoms with Crippen LogP contribution in [-0.4, -0.2) is 39.2 Å². The molecule has 0 unspecified atom stereocenters. The Balaban J connectivity index is 1.78. The van der Waals surface area contributed by atoms with E-state index in [1.165, 1.54) is 18.5 Å². The van der Waals surface area contributed by atoms with Crippen LogP contribution in [0.4, 0.5) is 9.18 Å². The number of nitrogens with zero attached hydrogens (tertiary/aromatic N) is 3. The van der Waals surface area contributed by atoms with Gasteiger partial charge in [0.25, 0.3) is 5.56 Å². The van der Waals surface area contributed by atoms with Gasteiger partial charge in [0.2, 0.25) is 0 Å². The Bertz CT molecular complexity index is 899. The van der Waals surface area contributed by atoms with Gasteiger partial charge >= 0.3 is 6.09 Å². The molecule has 2 heterocycles. The third kappa shape index (κ3) is 3.90. The monoisotopic (exact) mass is 425 g/mol. The second-order valence-electron chi connectivity index (χ2n) is 7.44. The zero-order valence-electron chi connectivity index (χ0n) is 15.0. The quantitative estimate of drug-likeness (QED) is 0.695. The molecule has 0 bridgehead atoms. The molecule has 1 saturated heterocycles. The second kappa shape index (κ2) is 6.98. The molecule has 1 amide bonds. The Labute approximate surface area is 159 Å². The highest BCUT2D eigenvalue weighted by Crippen LogP contribution is 2.24. The van der Waals surface area contributed by atoms with E-state index in [1.807, 2.05) is 20.8 Å². The summed E-state index contributed by atoms with van der Waals surface area (Å²) in [7, 11) is 0. The zero-order valence-corrected chi connectivity index (χ0v) is 16.5. The molecule has 1 aliphatic heterocycles. The van der Waals surface area contributed by atoms with Crippen LogP contribution in [0.2, 0.25) is 0 Å². The molecule has 0 saturated carbocycles. The van der Waals surface area contributed by atoms with Crippen LogP contribution in [0.3, 0.4) is 0 Å². The second-order valence-corrected chi connectivity index (χ2v) is 8.29. The number of amides is 1. The van der Waals surface area contributed by atoms with Gasteiger partial charge in [-0.05, 0) is 61.7 Å². The smallest absolute Gasteiger partial charge is 0.410 e. The highest BCUT2D eigenvalue weighted by molar-refractivity contribution is 9.10. The van der Waals surface area contributed by atoms with Gasteiger partial charge in [-0.1, -0.05) is 0 Å². The van der Waals surface area contributed by atoms with Crippen molar-refractivity contribution in [1.29, 1.82) is 0 Å². The molecule has 0 spiro atoms. The van der Waals surface area contributed by atoms with Crippen molar-refractivity contribution >= 4 is 32.9 Å². The Morgan fingerprint density at radius 2 is 1.96 bits per heavy atom. The molecule has 0 atom stereocenters. The maximum atomic E-state index is 13.8. The zero-order chi connectivity index (χ0) is 19.1. The van der Waals surface area contributed by atoms with E-state index in [1.54, 1.807) is 9.47 Å². The lowest BCUT2D eigenvalue weighted by Gasteiger charge is -2.34. The van der Waals surface area contributed by atoms with Crippen molar-refractivity contribution in [2.24, 2.45) is 0 Å². The van der Waals surface area contributed by atoms with Crippen LogP contribution in [0.25, 0.3) is 10.9 Å². The van der Waals surface area contributed by atoms with E-state index in [0.717, 1.165) is 0 Å². The number of halogens is 2. The molecule has 26 heavy (non-hydrogen) atoms. The number of benzene rings is 1. The largest absolute Gasteiger partial charge is 0.444 e. The molecule has 3 rings (SSSR count). The number of ether oxygens (including phenoxy) is 1. The number of carbonyl (C=O) groups is 1. The van der Waals surface area contributed by atoms with Crippen molar-refractivity contribution in [3.05, 3.63) is 39.1 Å². The third-order valence-electron chi connectivity index (χ3n) is 4.33. The van der Waals surface area contributed by atoms with Crippen LogP contribution in [0.1, 0.15) is 39.7 Å². The molecule has 140 valence electrons. The van der Waals surface area contributed by atoms with Crippen LogP contribution in [0.5, 0.6) is 0 Å². The number of rotatable bonds is 1. The van der Waals surface area contributed by atoms with E-state index >= 15 is 0 Å². The minimum absolute atomic E-state index is 0.0789.